The van der Waals surface area contributed by atoms with E-state index in [1.165, 1.54) is 12.8 Å². The molecular formula is C17H26N4O3. The average Bonchev–Trinajstić information content (AvgIpc) is 3.01. The number of likely N-dealkylation sites (N-methyl/N-ethyl adjacent to an activating group) is 1. The van der Waals surface area contributed by atoms with Gasteiger partial charge in [-0.1, -0.05) is 18.0 Å². The highest BCUT2D eigenvalue weighted by Gasteiger charge is 2.38. The lowest BCUT2D eigenvalue weighted by Gasteiger charge is -2.30. The highest BCUT2D eigenvalue weighted by molar-refractivity contribution is 5.91. The molecule has 1 aromatic rings. The summed E-state index contributed by atoms with van der Waals surface area (Å²) in [6, 6.07) is 2.50. The maximum Gasteiger partial charge on any atom is 0.239 e. The highest BCUT2D eigenvalue weighted by Crippen LogP contribution is 2.34. The standard InChI is InChI=1S/C17H26N4O3/c1-12-9-15(19-24-12)18-16(22)10-20(2)11-17(23)21(14-7-8-14)13-5-3-4-6-13/h9,13-14H,3-8,10-11H2,1-2H3,(H,18,19,22). The lowest BCUT2D eigenvalue weighted by molar-refractivity contribution is -0.135. The monoisotopic (exact) mass is 334 g/mol. The summed E-state index contributed by atoms with van der Waals surface area (Å²) >= 11 is 0. The van der Waals surface area contributed by atoms with Crippen LogP contribution in [0, 0.1) is 6.92 Å². The zero-order valence-corrected chi connectivity index (χ0v) is 14.5. The van der Waals surface area contributed by atoms with Crippen molar-refractivity contribution in [3.05, 3.63) is 11.8 Å². The number of aryl methyl sites for hydroxylation is 1. The third-order valence-electron chi connectivity index (χ3n) is 4.66. The number of nitrogens with one attached hydrogen (secondary N) is 1. The number of nitrogens with zero attached hydrogens (tertiary/aromatic N) is 3. The number of carbonyl (C=O) groups is 2. The Bertz CT molecular complexity index is 590. The first kappa shape index (κ1) is 17.0. The van der Waals surface area contributed by atoms with E-state index in [2.05, 4.69) is 15.4 Å². The maximum atomic E-state index is 12.7. The number of aromatic nitrogens is 1. The van der Waals surface area contributed by atoms with Crippen LogP contribution in [0.2, 0.25) is 0 Å². The molecule has 132 valence electrons. The van der Waals surface area contributed by atoms with Crippen LogP contribution in [0.1, 0.15) is 44.3 Å². The van der Waals surface area contributed by atoms with E-state index in [4.69, 9.17) is 4.52 Å². The zero-order valence-electron chi connectivity index (χ0n) is 14.5. The molecule has 0 aliphatic heterocycles. The van der Waals surface area contributed by atoms with Crippen molar-refractivity contribution in [3.8, 4) is 0 Å². The van der Waals surface area contributed by atoms with Gasteiger partial charge < -0.3 is 14.7 Å². The van der Waals surface area contributed by atoms with Crippen LogP contribution in [0.15, 0.2) is 10.6 Å². The van der Waals surface area contributed by atoms with Gasteiger partial charge >= 0.3 is 0 Å². The molecule has 0 unspecified atom stereocenters. The maximum absolute atomic E-state index is 12.7. The largest absolute Gasteiger partial charge is 0.360 e. The number of hydrogen-bond donors (Lipinski definition) is 1. The van der Waals surface area contributed by atoms with Crippen molar-refractivity contribution in [1.82, 2.24) is 15.0 Å². The first-order valence-electron chi connectivity index (χ1n) is 8.76. The lowest BCUT2D eigenvalue weighted by atomic mass is 10.2. The number of rotatable bonds is 7. The highest BCUT2D eigenvalue weighted by atomic mass is 16.5. The predicted molar refractivity (Wildman–Crippen MR) is 89.5 cm³/mol. The predicted octanol–water partition coefficient (Wildman–Crippen LogP) is 1.79. The van der Waals surface area contributed by atoms with Gasteiger partial charge in [-0.05, 0) is 39.7 Å². The minimum Gasteiger partial charge on any atom is -0.360 e. The van der Waals surface area contributed by atoms with E-state index < -0.39 is 0 Å². The molecule has 2 amide bonds. The Kier molecular flexibility index (Phi) is 5.18. The van der Waals surface area contributed by atoms with Crippen molar-refractivity contribution < 1.29 is 14.1 Å². The Morgan fingerprint density at radius 3 is 2.46 bits per heavy atom. The van der Waals surface area contributed by atoms with E-state index >= 15 is 0 Å². The van der Waals surface area contributed by atoms with Gasteiger partial charge in [0.1, 0.15) is 5.76 Å². The molecule has 0 radical (unpaired) electrons. The molecular weight excluding hydrogens is 308 g/mol. The second-order valence-electron chi connectivity index (χ2n) is 7.01. The minimum atomic E-state index is -0.197. The van der Waals surface area contributed by atoms with Crippen LogP contribution < -0.4 is 5.32 Å². The van der Waals surface area contributed by atoms with E-state index in [9.17, 15) is 9.59 Å². The van der Waals surface area contributed by atoms with Crippen LogP contribution in [0.3, 0.4) is 0 Å². The van der Waals surface area contributed by atoms with Crippen LogP contribution in [0.25, 0.3) is 0 Å². The van der Waals surface area contributed by atoms with Crippen LogP contribution in [0.5, 0.6) is 0 Å². The molecule has 2 aliphatic rings. The molecule has 2 fully saturated rings. The van der Waals surface area contributed by atoms with Gasteiger partial charge in [0.25, 0.3) is 0 Å². The molecule has 1 N–H and O–H groups in total. The normalized spacial score (nSPS) is 18.1. The fourth-order valence-electron chi connectivity index (χ4n) is 3.46. The molecule has 7 heteroatoms. The number of amides is 2. The molecule has 1 heterocycles. The fourth-order valence-corrected chi connectivity index (χ4v) is 3.46. The van der Waals surface area contributed by atoms with E-state index in [0.717, 1.165) is 25.7 Å². The number of hydrogen-bond acceptors (Lipinski definition) is 5. The molecule has 2 aliphatic carbocycles. The number of carbonyl (C=O) groups excluding carboxylic acids is 2. The summed E-state index contributed by atoms with van der Waals surface area (Å²) in [5, 5.41) is 6.41. The molecule has 0 aromatic carbocycles. The van der Waals surface area contributed by atoms with Gasteiger partial charge in [0.15, 0.2) is 5.82 Å². The molecule has 2 saturated carbocycles. The van der Waals surface area contributed by atoms with Gasteiger partial charge in [0, 0.05) is 18.2 Å². The Labute approximate surface area is 142 Å². The summed E-state index contributed by atoms with van der Waals surface area (Å²) < 4.78 is 4.92. The third kappa shape index (κ3) is 4.35. The SMILES string of the molecule is Cc1cc(NC(=O)CN(C)CC(=O)N(C2CCCC2)C2CC2)no1. The van der Waals surface area contributed by atoms with Crippen molar-refractivity contribution in [3.63, 3.8) is 0 Å². The zero-order chi connectivity index (χ0) is 17.1. The second-order valence-corrected chi connectivity index (χ2v) is 7.01. The minimum absolute atomic E-state index is 0.150. The summed E-state index contributed by atoms with van der Waals surface area (Å²) in [6.45, 7) is 2.20. The summed E-state index contributed by atoms with van der Waals surface area (Å²) in [4.78, 5) is 28.6. The van der Waals surface area contributed by atoms with Gasteiger partial charge in [0.05, 0.1) is 13.1 Å². The summed E-state index contributed by atoms with van der Waals surface area (Å²) in [5.41, 5.74) is 0. The average molecular weight is 334 g/mol. The van der Waals surface area contributed by atoms with E-state index in [-0.39, 0.29) is 24.9 Å². The van der Waals surface area contributed by atoms with E-state index in [1.54, 1.807) is 24.9 Å². The topological polar surface area (TPSA) is 78.7 Å². The second kappa shape index (κ2) is 7.34. The molecule has 1 aromatic heterocycles. The quantitative estimate of drug-likeness (QED) is 0.822. The molecule has 0 saturated heterocycles. The van der Waals surface area contributed by atoms with Crippen molar-refractivity contribution in [1.29, 1.82) is 0 Å². The molecule has 24 heavy (non-hydrogen) atoms. The smallest absolute Gasteiger partial charge is 0.239 e. The van der Waals surface area contributed by atoms with Crippen LogP contribution in [-0.4, -0.2) is 59.0 Å². The van der Waals surface area contributed by atoms with E-state index in [1.807, 2.05) is 0 Å². The molecule has 0 spiro atoms. The first-order chi connectivity index (χ1) is 11.5. The Balaban J connectivity index is 1.48. The Morgan fingerprint density at radius 1 is 1.21 bits per heavy atom. The van der Waals surface area contributed by atoms with Gasteiger partial charge in [-0.25, -0.2) is 0 Å². The summed E-state index contributed by atoms with van der Waals surface area (Å²) in [6.07, 6.45) is 6.93. The molecule has 3 rings (SSSR count). The van der Waals surface area contributed by atoms with E-state index in [0.29, 0.717) is 23.7 Å². The Morgan fingerprint density at radius 2 is 1.88 bits per heavy atom. The molecule has 0 bridgehead atoms. The molecule has 0 atom stereocenters. The van der Waals surface area contributed by atoms with Crippen molar-refractivity contribution >= 4 is 17.6 Å². The van der Waals surface area contributed by atoms with Crippen LogP contribution >= 0.6 is 0 Å². The fraction of sp³-hybridized carbons (Fsp3) is 0.706. The van der Waals surface area contributed by atoms with Gasteiger partial charge in [0.2, 0.25) is 11.8 Å². The number of anilines is 1. The van der Waals surface area contributed by atoms with Gasteiger partial charge in [-0.15, -0.1) is 0 Å². The summed E-state index contributed by atoms with van der Waals surface area (Å²) in [7, 11) is 1.80. The van der Waals surface area contributed by atoms with Crippen LogP contribution in [-0.2, 0) is 9.59 Å². The van der Waals surface area contributed by atoms with Gasteiger partial charge in [-0.2, -0.15) is 0 Å². The van der Waals surface area contributed by atoms with Gasteiger partial charge in [-0.3, -0.25) is 14.5 Å². The summed E-state index contributed by atoms with van der Waals surface area (Å²) in [5.74, 6) is 1.00. The van der Waals surface area contributed by atoms with Crippen molar-refractivity contribution in [2.45, 2.75) is 57.5 Å². The van der Waals surface area contributed by atoms with Crippen molar-refractivity contribution in [2.75, 3.05) is 25.5 Å². The van der Waals surface area contributed by atoms with Crippen LogP contribution in [0.4, 0.5) is 5.82 Å². The van der Waals surface area contributed by atoms with Crippen molar-refractivity contribution in [2.24, 2.45) is 0 Å². The lowest BCUT2D eigenvalue weighted by Crippen LogP contribution is -2.46. The molecule has 7 nitrogen and oxygen atoms in total. The first-order valence-corrected chi connectivity index (χ1v) is 8.76. The third-order valence-corrected chi connectivity index (χ3v) is 4.66. The Hall–Kier alpha value is -1.89.